The van der Waals surface area contributed by atoms with Crippen molar-refractivity contribution >= 4 is 29.5 Å². The van der Waals surface area contributed by atoms with Crippen molar-refractivity contribution in [2.75, 3.05) is 0 Å². The molecule has 0 aliphatic rings. The summed E-state index contributed by atoms with van der Waals surface area (Å²) >= 11 is 6.97. The van der Waals surface area contributed by atoms with Gasteiger partial charge in [-0.05, 0) is 41.7 Å². The lowest BCUT2D eigenvalue weighted by Gasteiger charge is -2.26. The van der Waals surface area contributed by atoms with E-state index in [1.807, 2.05) is 58.5 Å². The lowest BCUT2D eigenvalue weighted by molar-refractivity contribution is -0.122. The van der Waals surface area contributed by atoms with Crippen molar-refractivity contribution < 1.29 is 4.79 Å². The number of benzene rings is 2. The summed E-state index contributed by atoms with van der Waals surface area (Å²) in [4.78, 5) is 13.9. The summed E-state index contributed by atoms with van der Waals surface area (Å²) in [5.41, 5.74) is 2.36. The summed E-state index contributed by atoms with van der Waals surface area (Å²) in [5, 5.41) is 12.4. The van der Waals surface area contributed by atoms with Gasteiger partial charge < -0.3 is 5.32 Å². The van der Waals surface area contributed by atoms with E-state index in [2.05, 4.69) is 46.7 Å². The van der Waals surface area contributed by atoms with Crippen molar-refractivity contribution in [1.29, 1.82) is 0 Å². The molecular weight excluding hydrogens is 424 g/mol. The first kappa shape index (κ1) is 21.2. The molecule has 158 valence electrons. The number of aromatic amines is 1. The third-order valence-electron chi connectivity index (χ3n) is 5.27. The predicted molar refractivity (Wildman–Crippen MR) is 128 cm³/mol. The van der Waals surface area contributed by atoms with Crippen molar-refractivity contribution in [3.63, 3.8) is 0 Å². The second-order valence-electron chi connectivity index (χ2n) is 7.39. The molecule has 0 spiro atoms. The minimum atomic E-state index is -0.0635. The normalized spacial score (nSPS) is 12.1. The van der Waals surface area contributed by atoms with E-state index in [9.17, 15) is 4.79 Å². The van der Waals surface area contributed by atoms with Crippen LogP contribution in [-0.4, -0.2) is 26.7 Å². The average molecular weight is 449 g/mol. The van der Waals surface area contributed by atoms with Crippen LogP contribution in [0.15, 0.2) is 78.2 Å². The number of carbonyl (C=O) groups is 1. The van der Waals surface area contributed by atoms with Gasteiger partial charge in [0, 0.05) is 24.9 Å². The summed E-state index contributed by atoms with van der Waals surface area (Å²) < 4.78 is 2.41. The Balaban J connectivity index is 1.47. The molecule has 5 nitrogen and oxygen atoms in total. The van der Waals surface area contributed by atoms with Gasteiger partial charge in [-0.2, -0.15) is 5.10 Å². The van der Waals surface area contributed by atoms with Crippen LogP contribution in [0, 0.1) is 4.77 Å². The minimum absolute atomic E-state index is 0.00964. The highest BCUT2D eigenvalue weighted by molar-refractivity contribution is 7.71. The van der Waals surface area contributed by atoms with Crippen molar-refractivity contribution in [3.8, 4) is 10.7 Å². The van der Waals surface area contributed by atoms with Crippen LogP contribution in [-0.2, 0) is 11.3 Å². The van der Waals surface area contributed by atoms with Gasteiger partial charge in [0.1, 0.15) is 0 Å². The Labute approximate surface area is 190 Å². The molecule has 7 heteroatoms. The molecule has 0 fully saturated rings. The van der Waals surface area contributed by atoms with Crippen LogP contribution in [0.1, 0.15) is 30.4 Å². The lowest BCUT2D eigenvalue weighted by Crippen LogP contribution is -2.37. The van der Waals surface area contributed by atoms with Gasteiger partial charge in [-0.15, -0.1) is 11.3 Å². The van der Waals surface area contributed by atoms with E-state index in [-0.39, 0.29) is 17.9 Å². The summed E-state index contributed by atoms with van der Waals surface area (Å²) in [6.45, 7) is 2.53. The molecule has 2 N–H and O–H groups in total. The van der Waals surface area contributed by atoms with Gasteiger partial charge in [0.25, 0.3) is 0 Å². The summed E-state index contributed by atoms with van der Waals surface area (Å²) in [6, 6.07) is 24.5. The summed E-state index contributed by atoms with van der Waals surface area (Å²) in [7, 11) is 0. The number of thiophene rings is 1. The molecular formula is C24H24N4OS2. The van der Waals surface area contributed by atoms with Gasteiger partial charge in [0.2, 0.25) is 5.91 Å². The van der Waals surface area contributed by atoms with Crippen LogP contribution in [0.5, 0.6) is 0 Å². The molecule has 2 heterocycles. The molecule has 1 unspecified atom stereocenters. The number of nitrogens with one attached hydrogen (secondary N) is 2. The Morgan fingerprint density at radius 3 is 2.29 bits per heavy atom. The monoisotopic (exact) mass is 448 g/mol. The van der Waals surface area contributed by atoms with Crippen molar-refractivity contribution in [2.24, 2.45) is 0 Å². The maximum Gasteiger partial charge on any atom is 0.222 e. The number of aromatic nitrogens is 3. The van der Waals surface area contributed by atoms with E-state index in [1.165, 1.54) is 11.1 Å². The molecule has 0 saturated carbocycles. The number of hydrogen-bond donors (Lipinski definition) is 2. The van der Waals surface area contributed by atoms with Crippen LogP contribution >= 0.6 is 23.6 Å². The van der Waals surface area contributed by atoms with E-state index in [0.717, 1.165) is 10.7 Å². The minimum Gasteiger partial charge on any atom is -0.353 e. The van der Waals surface area contributed by atoms with E-state index < -0.39 is 0 Å². The Bertz CT molecular complexity index is 1130. The predicted octanol–water partition coefficient (Wildman–Crippen LogP) is 5.40. The highest BCUT2D eigenvalue weighted by Crippen LogP contribution is 2.28. The van der Waals surface area contributed by atoms with E-state index in [4.69, 9.17) is 12.2 Å². The van der Waals surface area contributed by atoms with E-state index >= 15 is 0 Å². The fourth-order valence-corrected chi connectivity index (χ4v) is 4.78. The third kappa shape index (κ3) is 5.00. The van der Waals surface area contributed by atoms with Gasteiger partial charge in [-0.3, -0.25) is 14.5 Å². The Kier molecular flexibility index (Phi) is 6.74. The number of nitrogens with zero attached hydrogens (tertiary/aromatic N) is 2. The quantitative estimate of drug-likeness (QED) is 0.355. The second kappa shape index (κ2) is 9.85. The van der Waals surface area contributed by atoms with Gasteiger partial charge >= 0.3 is 0 Å². The first-order valence-corrected chi connectivity index (χ1v) is 11.5. The largest absolute Gasteiger partial charge is 0.353 e. The van der Waals surface area contributed by atoms with E-state index in [0.29, 0.717) is 17.7 Å². The lowest BCUT2D eigenvalue weighted by atomic mass is 9.86. The van der Waals surface area contributed by atoms with Crippen LogP contribution in [0.3, 0.4) is 0 Å². The zero-order valence-electron chi connectivity index (χ0n) is 17.2. The fraction of sp³-hybridized carbons (Fsp3) is 0.208. The molecule has 4 rings (SSSR count). The molecule has 0 aliphatic heterocycles. The first-order valence-electron chi connectivity index (χ1n) is 10.2. The topological polar surface area (TPSA) is 62.7 Å². The zero-order chi connectivity index (χ0) is 21.6. The van der Waals surface area contributed by atoms with Gasteiger partial charge in [-0.25, -0.2) is 0 Å². The summed E-state index contributed by atoms with van der Waals surface area (Å²) in [6.07, 6.45) is 0.326. The van der Waals surface area contributed by atoms with Crippen LogP contribution < -0.4 is 5.32 Å². The molecule has 0 saturated heterocycles. The summed E-state index contributed by atoms with van der Waals surface area (Å²) in [5.74, 6) is 0.834. The Hall–Kier alpha value is -3.03. The SMILES string of the molecule is CC(NC(=O)CCn1c(-c2cccs2)n[nH]c1=S)C(c1ccccc1)c1ccccc1. The molecule has 0 aliphatic carbocycles. The van der Waals surface area contributed by atoms with Crippen LogP contribution in [0.4, 0.5) is 0 Å². The molecule has 0 radical (unpaired) electrons. The standard InChI is InChI=1S/C24H24N4OS2/c1-17(22(18-9-4-2-5-10-18)19-11-6-3-7-12-19)25-21(29)14-15-28-23(26-27-24(28)30)20-13-8-16-31-20/h2-13,16-17,22H,14-15H2,1H3,(H,25,29)(H,27,30). The number of hydrogen-bond acceptors (Lipinski definition) is 4. The Morgan fingerprint density at radius 1 is 1.06 bits per heavy atom. The molecule has 0 bridgehead atoms. The average Bonchev–Trinajstić information content (AvgIpc) is 3.44. The van der Waals surface area contributed by atoms with Crippen LogP contribution in [0.2, 0.25) is 0 Å². The highest BCUT2D eigenvalue weighted by atomic mass is 32.1. The first-order chi connectivity index (χ1) is 15.1. The number of rotatable bonds is 8. The fourth-order valence-electron chi connectivity index (χ4n) is 3.83. The van der Waals surface area contributed by atoms with Crippen molar-refractivity contribution in [3.05, 3.63) is 94.1 Å². The van der Waals surface area contributed by atoms with Crippen LogP contribution in [0.25, 0.3) is 10.7 Å². The maximum absolute atomic E-state index is 12.8. The Morgan fingerprint density at radius 2 is 1.71 bits per heavy atom. The molecule has 1 atom stereocenters. The van der Waals surface area contributed by atoms with Crippen molar-refractivity contribution in [2.45, 2.75) is 31.8 Å². The second-order valence-corrected chi connectivity index (χ2v) is 8.72. The van der Waals surface area contributed by atoms with Gasteiger partial charge in [0.15, 0.2) is 10.6 Å². The molecule has 4 aromatic rings. The number of carbonyl (C=O) groups excluding carboxylic acids is 1. The van der Waals surface area contributed by atoms with Gasteiger partial charge in [0.05, 0.1) is 4.88 Å². The third-order valence-corrected chi connectivity index (χ3v) is 6.45. The van der Waals surface area contributed by atoms with Gasteiger partial charge in [-0.1, -0.05) is 66.7 Å². The van der Waals surface area contributed by atoms with E-state index in [1.54, 1.807) is 11.3 Å². The number of H-pyrrole nitrogens is 1. The molecule has 31 heavy (non-hydrogen) atoms. The van der Waals surface area contributed by atoms with Crippen molar-refractivity contribution in [1.82, 2.24) is 20.1 Å². The zero-order valence-corrected chi connectivity index (χ0v) is 18.8. The number of amides is 1. The highest BCUT2D eigenvalue weighted by Gasteiger charge is 2.23. The molecule has 2 aromatic heterocycles. The molecule has 2 aromatic carbocycles. The smallest absolute Gasteiger partial charge is 0.222 e. The maximum atomic E-state index is 12.8. The molecule has 1 amide bonds.